The number of hydrogen-bond donors (Lipinski definition) is 4. The van der Waals surface area contributed by atoms with Gasteiger partial charge in [0.1, 0.15) is 17.1 Å². The van der Waals surface area contributed by atoms with Crippen LogP contribution in [-0.2, 0) is 15.8 Å². The molecule has 2 heterocycles. The maximum atomic E-state index is 13.7. The van der Waals surface area contributed by atoms with Gasteiger partial charge < -0.3 is 30.9 Å². The van der Waals surface area contributed by atoms with Crippen molar-refractivity contribution in [3.05, 3.63) is 66.9 Å². The zero-order chi connectivity index (χ0) is 28.2. The van der Waals surface area contributed by atoms with Crippen molar-refractivity contribution in [3.8, 4) is 5.75 Å². The normalized spacial score (nSPS) is 13.2. The Morgan fingerprint density at radius 2 is 1.85 bits per heavy atom. The van der Waals surface area contributed by atoms with E-state index in [2.05, 4.69) is 37.8 Å². The van der Waals surface area contributed by atoms with Crippen molar-refractivity contribution in [1.29, 1.82) is 0 Å². The van der Waals surface area contributed by atoms with Crippen LogP contribution in [0.5, 0.6) is 5.75 Å². The van der Waals surface area contributed by atoms with Crippen molar-refractivity contribution >= 4 is 46.3 Å². The smallest absolute Gasteiger partial charge is 0.421 e. The minimum absolute atomic E-state index is 0.0164. The SMILES string of the molecule is C=CC(=O)Nc1cccc(Nc2nc(Nc3ccc(NC4CN(C(C)=O)C4)cc3OC)ncc2C(F)(F)F)c1. The number of halogens is 3. The van der Waals surface area contributed by atoms with Crippen LogP contribution < -0.4 is 26.0 Å². The van der Waals surface area contributed by atoms with Crippen LogP contribution in [0.2, 0.25) is 0 Å². The molecule has 1 saturated heterocycles. The monoisotopic (exact) mass is 541 g/mol. The highest BCUT2D eigenvalue weighted by Gasteiger charge is 2.35. The molecule has 1 aromatic heterocycles. The van der Waals surface area contributed by atoms with Crippen LogP contribution in [0.15, 0.2) is 61.3 Å². The van der Waals surface area contributed by atoms with Crippen LogP contribution in [0.25, 0.3) is 0 Å². The highest BCUT2D eigenvalue weighted by Crippen LogP contribution is 2.36. The number of benzene rings is 2. The third-order valence-corrected chi connectivity index (χ3v) is 5.82. The van der Waals surface area contributed by atoms with Crippen molar-refractivity contribution in [1.82, 2.24) is 14.9 Å². The van der Waals surface area contributed by atoms with Crippen LogP contribution >= 0.6 is 0 Å². The number of carbonyl (C=O) groups is 2. The van der Waals surface area contributed by atoms with Gasteiger partial charge in [0.05, 0.1) is 18.8 Å². The average Bonchev–Trinajstić information content (AvgIpc) is 2.86. The maximum Gasteiger partial charge on any atom is 0.421 e. The molecule has 0 saturated carbocycles. The first kappa shape index (κ1) is 27.2. The van der Waals surface area contributed by atoms with Crippen LogP contribution in [0.3, 0.4) is 0 Å². The van der Waals surface area contributed by atoms with E-state index in [1.165, 1.54) is 26.2 Å². The van der Waals surface area contributed by atoms with Gasteiger partial charge >= 0.3 is 6.18 Å². The summed E-state index contributed by atoms with van der Waals surface area (Å²) in [5.41, 5.74) is 0.742. The van der Waals surface area contributed by atoms with E-state index in [0.29, 0.717) is 36.4 Å². The molecule has 2 aromatic carbocycles. The van der Waals surface area contributed by atoms with Gasteiger partial charge in [-0.1, -0.05) is 12.6 Å². The summed E-state index contributed by atoms with van der Waals surface area (Å²) in [6.07, 6.45) is -2.96. The molecule has 0 radical (unpaired) electrons. The largest absolute Gasteiger partial charge is 0.494 e. The number of ether oxygens (including phenoxy) is 1. The fourth-order valence-electron chi connectivity index (χ4n) is 3.82. The molecule has 4 rings (SSSR count). The first-order chi connectivity index (χ1) is 18.5. The summed E-state index contributed by atoms with van der Waals surface area (Å²) in [6.45, 7) is 6.08. The molecule has 0 aliphatic carbocycles. The molecule has 0 unspecified atom stereocenters. The Morgan fingerprint density at radius 3 is 2.51 bits per heavy atom. The van der Waals surface area contributed by atoms with E-state index in [1.807, 2.05) is 0 Å². The molecular formula is C26H26F3N7O3. The molecule has 1 fully saturated rings. The van der Waals surface area contributed by atoms with Crippen molar-refractivity contribution in [3.63, 3.8) is 0 Å². The zero-order valence-electron chi connectivity index (χ0n) is 21.1. The second kappa shape index (κ2) is 11.3. The zero-order valence-corrected chi connectivity index (χ0v) is 21.1. The third-order valence-electron chi connectivity index (χ3n) is 5.82. The third kappa shape index (κ3) is 6.74. The Balaban J connectivity index is 1.54. The number of nitrogens with zero attached hydrogens (tertiary/aromatic N) is 3. The van der Waals surface area contributed by atoms with E-state index >= 15 is 0 Å². The predicted octanol–water partition coefficient (Wildman–Crippen LogP) is 4.76. The Morgan fingerprint density at radius 1 is 1.10 bits per heavy atom. The number of amides is 2. The summed E-state index contributed by atoms with van der Waals surface area (Å²) in [5.74, 6) is -0.618. The Bertz CT molecular complexity index is 1390. The molecule has 10 nitrogen and oxygen atoms in total. The van der Waals surface area contributed by atoms with Gasteiger partial charge in [-0.3, -0.25) is 9.59 Å². The lowest BCUT2D eigenvalue weighted by molar-refractivity contribution is -0.137. The van der Waals surface area contributed by atoms with E-state index < -0.39 is 23.5 Å². The molecule has 4 N–H and O–H groups in total. The van der Waals surface area contributed by atoms with Gasteiger partial charge in [-0.2, -0.15) is 18.2 Å². The van der Waals surface area contributed by atoms with E-state index in [0.717, 1.165) is 11.8 Å². The van der Waals surface area contributed by atoms with Crippen molar-refractivity contribution in [2.24, 2.45) is 0 Å². The molecule has 1 aliphatic heterocycles. The summed E-state index contributed by atoms with van der Waals surface area (Å²) < 4.78 is 46.6. The topological polar surface area (TPSA) is 121 Å². The number of nitrogens with one attached hydrogen (secondary N) is 4. The fourth-order valence-corrected chi connectivity index (χ4v) is 3.82. The Hall–Kier alpha value is -4.81. The van der Waals surface area contributed by atoms with Crippen molar-refractivity contribution < 1.29 is 27.5 Å². The summed E-state index contributed by atoms with van der Waals surface area (Å²) in [7, 11) is 1.46. The molecule has 204 valence electrons. The second-order valence-electron chi connectivity index (χ2n) is 8.66. The van der Waals surface area contributed by atoms with Crippen LogP contribution in [-0.4, -0.2) is 52.9 Å². The fraction of sp³-hybridized carbons (Fsp3) is 0.231. The number of carbonyl (C=O) groups excluding carboxylic acids is 2. The highest BCUT2D eigenvalue weighted by molar-refractivity contribution is 5.99. The number of rotatable bonds is 9. The number of alkyl halides is 3. The molecule has 0 spiro atoms. The van der Waals surface area contributed by atoms with E-state index in [-0.39, 0.29) is 23.6 Å². The molecule has 1 aliphatic rings. The molecular weight excluding hydrogens is 515 g/mol. The van der Waals surface area contributed by atoms with Gasteiger partial charge in [0, 0.05) is 49.3 Å². The number of anilines is 6. The van der Waals surface area contributed by atoms with Crippen molar-refractivity contribution in [2.45, 2.75) is 19.1 Å². The lowest BCUT2D eigenvalue weighted by Crippen LogP contribution is -2.56. The summed E-state index contributed by atoms with van der Waals surface area (Å²) >= 11 is 0. The van der Waals surface area contributed by atoms with Gasteiger partial charge in [0.25, 0.3) is 0 Å². The maximum absolute atomic E-state index is 13.7. The van der Waals surface area contributed by atoms with Gasteiger partial charge in [-0.05, 0) is 36.4 Å². The van der Waals surface area contributed by atoms with Crippen LogP contribution in [0, 0.1) is 0 Å². The highest BCUT2D eigenvalue weighted by atomic mass is 19.4. The predicted molar refractivity (Wildman–Crippen MR) is 142 cm³/mol. The molecule has 13 heteroatoms. The van der Waals surface area contributed by atoms with E-state index in [9.17, 15) is 22.8 Å². The summed E-state index contributed by atoms with van der Waals surface area (Å²) in [4.78, 5) is 32.6. The minimum Gasteiger partial charge on any atom is -0.494 e. The summed E-state index contributed by atoms with van der Waals surface area (Å²) in [6, 6.07) is 11.4. The van der Waals surface area contributed by atoms with Crippen LogP contribution in [0.1, 0.15) is 12.5 Å². The molecule has 3 aromatic rings. The first-order valence-corrected chi connectivity index (χ1v) is 11.8. The standard InChI is InChI=1S/C26H26F3N7O3/c1-4-23(38)32-16-6-5-7-17(10-16)33-24-20(26(27,28)29)12-30-25(35-24)34-21-9-8-18(11-22(21)39-3)31-19-13-36(14-19)15(2)37/h4-12,19,31H,1,13-14H2,2-3H3,(H,32,38)(H2,30,33,34,35). The average molecular weight is 542 g/mol. The van der Waals surface area contributed by atoms with Gasteiger partial charge in [0.2, 0.25) is 17.8 Å². The number of aromatic nitrogens is 2. The lowest BCUT2D eigenvalue weighted by Gasteiger charge is -2.39. The van der Waals surface area contributed by atoms with E-state index in [4.69, 9.17) is 4.74 Å². The van der Waals surface area contributed by atoms with Crippen LogP contribution in [0.4, 0.5) is 47.7 Å². The molecule has 39 heavy (non-hydrogen) atoms. The quantitative estimate of drug-likeness (QED) is 0.286. The number of likely N-dealkylation sites (tertiary alicyclic amines) is 1. The van der Waals surface area contributed by atoms with Crippen molar-refractivity contribution in [2.75, 3.05) is 41.5 Å². The van der Waals surface area contributed by atoms with Gasteiger partial charge in [-0.15, -0.1) is 0 Å². The lowest BCUT2D eigenvalue weighted by atomic mass is 10.1. The molecule has 2 amide bonds. The number of hydrogen-bond acceptors (Lipinski definition) is 8. The van der Waals surface area contributed by atoms with Gasteiger partial charge in [-0.25, -0.2) is 4.98 Å². The Labute approximate surface area is 222 Å². The van der Waals surface area contributed by atoms with E-state index in [1.54, 1.807) is 35.2 Å². The molecule has 0 atom stereocenters. The first-order valence-electron chi connectivity index (χ1n) is 11.8. The van der Waals surface area contributed by atoms with Gasteiger partial charge in [0.15, 0.2) is 0 Å². The summed E-state index contributed by atoms with van der Waals surface area (Å²) in [5, 5.41) is 11.4. The second-order valence-corrected chi connectivity index (χ2v) is 8.66. The minimum atomic E-state index is -4.72. The number of methoxy groups -OCH3 is 1. The molecule has 0 bridgehead atoms. The Kier molecular flexibility index (Phi) is 7.88.